The van der Waals surface area contributed by atoms with Gasteiger partial charge in [0.1, 0.15) is 45.5 Å². The highest BCUT2D eigenvalue weighted by Gasteiger charge is 2.33. The number of hydrogen-bond acceptors (Lipinski definition) is 7. The summed E-state index contributed by atoms with van der Waals surface area (Å²) in [5.41, 5.74) is -1.38. The summed E-state index contributed by atoms with van der Waals surface area (Å²) in [6.07, 6.45) is -1.06. The van der Waals surface area contributed by atoms with Crippen molar-refractivity contribution < 1.29 is 26.4 Å². The summed E-state index contributed by atoms with van der Waals surface area (Å²) in [5.74, 6) is -1.20. The molecule has 0 unspecified atom stereocenters. The van der Waals surface area contributed by atoms with Crippen LogP contribution in [0.25, 0.3) is 17.0 Å². The summed E-state index contributed by atoms with van der Waals surface area (Å²) in [4.78, 5) is 23.4. The molecule has 0 atom stereocenters. The van der Waals surface area contributed by atoms with Crippen molar-refractivity contribution in [1.82, 2.24) is 29.5 Å². The van der Waals surface area contributed by atoms with Gasteiger partial charge in [-0.15, -0.1) is 0 Å². The molecule has 10 nitrogen and oxygen atoms in total. The third kappa shape index (κ3) is 3.91. The molecule has 1 amide bonds. The van der Waals surface area contributed by atoms with Crippen LogP contribution in [0.4, 0.5) is 19.0 Å². The maximum Gasteiger partial charge on any atom is 0.433 e. The molecule has 4 aromatic heterocycles. The van der Waals surface area contributed by atoms with Gasteiger partial charge in [-0.2, -0.15) is 18.3 Å². The Balaban J connectivity index is 1.80. The Bertz CT molecular complexity index is 1410. The van der Waals surface area contributed by atoms with E-state index in [1.165, 1.54) is 29.8 Å². The van der Waals surface area contributed by atoms with Crippen molar-refractivity contribution in [2.45, 2.75) is 18.0 Å². The predicted octanol–water partition coefficient (Wildman–Crippen LogP) is 2.58. The number of aromatic nitrogens is 6. The van der Waals surface area contributed by atoms with Crippen LogP contribution >= 0.6 is 0 Å². The first-order valence-corrected chi connectivity index (χ1v) is 10.7. The van der Waals surface area contributed by atoms with E-state index >= 15 is 0 Å². The van der Waals surface area contributed by atoms with Gasteiger partial charge in [0, 0.05) is 18.5 Å². The average molecular weight is 465 g/mol. The molecular formula is C18H14F3N7O3S. The van der Waals surface area contributed by atoms with Crippen LogP contribution < -0.4 is 5.32 Å². The second-order valence-electron chi connectivity index (χ2n) is 6.51. The van der Waals surface area contributed by atoms with E-state index in [4.69, 9.17) is 0 Å². The normalized spacial score (nSPS) is 12.2. The first-order valence-electron chi connectivity index (χ1n) is 9.06. The second kappa shape index (κ2) is 7.71. The molecule has 2 N–H and O–H groups in total. The van der Waals surface area contributed by atoms with Crippen molar-refractivity contribution in [3.05, 3.63) is 54.4 Å². The van der Waals surface area contributed by atoms with Gasteiger partial charge >= 0.3 is 6.18 Å². The number of alkyl halides is 3. The zero-order chi connectivity index (χ0) is 23.1. The molecule has 0 aliphatic carbocycles. The maximum absolute atomic E-state index is 12.9. The molecule has 0 fully saturated rings. The summed E-state index contributed by atoms with van der Waals surface area (Å²) >= 11 is 0. The summed E-state index contributed by atoms with van der Waals surface area (Å²) in [5, 5.41) is 8.84. The molecule has 0 radical (unpaired) electrons. The van der Waals surface area contributed by atoms with E-state index in [1.807, 2.05) is 0 Å². The molecule has 14 heteroatoms. The fourth-order valence-electron chi connectivity index (χ4n) is 2.87. The van der Waals surface area contributed by atoms with E-state index in [2.05, 4.69) is 30.5 Å². The zero-order valence-electron chi connectivity index (χ0n) is 16.3. The van der Waals surface area contributed by atoms with Crippen molar-refractivity contribution in [1.29, 1.82) is 0 Å². The number of carbonyl (C=O) groups excluding carboxylic acids is 1. The van der Waals surface area contributed by atoms with Gasteiger partial charge in [0.05, 0.1) is 5.75 Å². The molecule has 4 heterocycles. The molecule has 0 saturated carbocycles. The highest BCUT2D eigenvalue weighted by molar-refractivity contribution is 7.91. The minimum absolute atomic E-state index is 0.0206. The number of pyridine rings is 1. The molecule has 0 bridgehead atoms. The van der Waals surface area contributed by atoms with Gasteiger partial charge in [-0.3, -0.25) is 19.3 Å². The van der Waals surface area contributed by atoms with Crippen molar-refractivity contribution in [2.24, 2.45) is 0 Å². The lowest BCUT2D eigenvalue weighted by atomic mass is 10.3. The molecule has 0 spiro atoms. The number of carbonyl (C=O) groups is 1. The fourth-order valence-corrected chi connectivity index (χ4v) is 4.01. The van der Waals surface area contributed by atoms with Gasteiger partial charge in [0.25, 0.3) is 5.91 Å². The van der Waals surface area contributed by atoms with Gasteiger partial charge < -0.3 is 5.32 Å². The van der Waals surface area contributed by atoms with Crippen molar-refractivity contribution in [2.75, 3.05) is 11.1 Å². The monoisotopic (exact) mass is 465 g/mol. The Morgan fingerprint density at radius 1 is 1.25 bits per heavy atom. The Kier molecular flexibility index (Phi) is 5.16. The molecule has 4 rings (SSSR count). The number of amides is 1. The van der Waals surface area contributed by atoms with Crippen LogP contribution in [-0.4, -0.2) is 49.6 Å². The van der Waals surface area contributed by atoms with E-state index in [0.717, 1.165) is 12.4 Å². The molecule has 32 heavy (non-hydrogen) atoms. The lowest BCUT2D eigenvalue weighted by Crippen LogP contribution is -2.16. The minimum Gasteiger partial charge on any atom is -0.304 e. The van der Waals surface area contributed by atoms with Crippen LogP contribution in [0, 0.1) is 0 Å². The van der Waals surface area contributed by atoms with Crippen LogP contribution in [0.1, 0.15) is 23.1 Å². The largest absolute Gasteiger partial charge is 0.433 e. The summed E-state index contributed by atoms with van der Waals surface area (Å²) in [6.45, 7) is 1.40. The smallest absolute Gasteiger partial charge is 0.304 e. The number of H-pyrrole nitrogens is 1. The van der Waals surface area contributed by atoms with Crippen LogP contribution in [0.15, 0.2) is 47.9 Å². The van der Waals surface area contributed by atoms with Crippen LogP contribution in [0.2, 0.25) is 0 Å². The lowest BCUT2D eigenvalue weighted by Gasteiger charge is -2.06. The van der Waals surface area contributed by atoms with E-state index in [9.17, 15) is 26.4 Å². The maximum atomic E-state index is 12.9. The van der Waals surface area contributed by atoms with Crippen LogP contribution in [-0.2, 0) is 16.0 Å². The minimum atomic E-state index is -4.67. The van der Waals surface area contributed by atoms with Gasteiger partial charge in [-0.1, -0.05) is 13.0 Å². The number of hydrogen-bond donors (Lipinski definition) is 2. The third-order valence-electron chi connectivity index (χ3n) is 4.43. The quantitative estimate of drug-likeness (QED) is 0.462. The first-order chi connectivity index (χ1) is 15.1. The second-order valence-corrected chi connectivity index (χ2v) is 8.73. The number of aromatic amines is 1. The number of rotatable bonds is 5. The van der Waals surface area contributed by atoms with E-state index in [-0.39, 0.29) is 39.2 Å². The zero-order valence-corrected chi connectivity index (χ0v) is 17.1. The molecule has 0 aromatic carbocycles. The number of imidazole rings is 1. The number of nitrogens with one attached hydrogen (secondary N) is 2. The van der Waals surface area contributed by atoms with E-state index in [1.54, 1.807) is 12.1 Å². The highest BCUT2D eigenvalue weighted by atomic mass is 32.2. The van der Waals surface area contributed by atoms with Gasteiger partial charge in [-0.25, -0.2) is 18.4 Å². The topological polar surface area (TPSA) is 135 Å². The summed E-state index contributed by atoms with van der Waals surface area (Å²) in [6, 6.07) is 5.37. The number of anilines is 1. The van der Waals surface area contributed by atoms with Crippen LogP contribution in [0.3, 0.4) is 0 Å². The molecular weight excluding hydrogens is 451 g/mol. The predicted molar refractivity (Wildman–Crippen MR) is 105 cm³/mol. The Labute approximate surface area is 178 Å². The highest BCUT2D eigenvalue weighted by Crippen LogP contribution is 2.33. The molecule has 0 saturated heterocycles. The summed E-state index contributed by atoms with van der Waals surface area (Å²) in [7, 11) is -3.93. The molecule has 0 aliphatic rings. The molecule has 166 valence electrons. The Morgan fingerprint density at radius 2 is 2.03 bits per heavy atom. The lowest BCUT2D eigenvalue weighted by molar-refractivity contribution is -0.141. The molecule has 0 aliphatic heterocycles. The third-order valence-corrected chi connectivity index (χ3v) is 6.21. The van der Waals surface area contributed by atoms with E-state index in [0.29, 0.717) is 0 Å². The number of halogens is 3. The van der Waals surface area contributed by atoms with Crippen molar-refractivity contribution >= 4 is 27.2 Å². The van der Waals surface area contributed by atoms with Gasteiger partial charge in [0.15, 0.2) is 9.84 Å². The summed E-state index contributed by atoms with van der Waals surface area (Å²) < 4.78 is 65.6. The standard InChI is InChI=1S/C18H14F3N7O3S/c1-2-32(30,31)15-14(26-27-16(15)25-17(29)10-5-3-4-6-22-10)11-8-28-9-23-12(18(19,20)21)7-13(28)24-11/h3-9H,2H2,1H3,(H2,25,26,27,29). The van der Waals surface area contributed by atoms with E-state index < -0.39 is 27.6 Å². The molecule has 4 aromatic rings. The van der Waals surface area contributed by atoms with Crippen LogP contribution in [0.5, 0.6) is 0 Å². The first kappa shape index (κ1) is 21.4. The van der Waals surface area contributed by atoms with Gasteiger partial charge in [-0.05, 0) is 12.1 Å². The van der Waals surface area contributed by atoms with Gasteiger partial charge in [0.2, 0.25) is 0 Å². The Hall–Kier alpha value is -3.81. The van der Waals surface area contributed by atoms with Crippen molar-refractivity contribution in [3.8, 4) is 11.4 Å². The fraction of sp³-hybridized carbons (Fsp3) is 0.167. The SMILES string of the molecule is CCS(=O)(=O)c1c(-c2cn3cnc(C(F)(F)F)cc3n2)n[nH]c1NC(=O)c1ccccn1. The average Bonchev–Trinajstić information content (AvgIpc) is 3.37. The van der Waals surface area contributed by atoms with Crippen molar-refractivity contribution in [3.63, 3.8) is 0 Å². The Morgan fingerprint density at radius 3 is 2.69 bits per heavy atom. The number of fused-ring (bicyclic) bond motifs is 1. The number of nitrogens with zero attached hydrogens (tertiary/aromatic N) is 5. The number of sulfone groups is 1.